The van der Waals surface area contributed by atoms with Crippen molar-refractivity contribution in [3.8, 4) is 5.75 Å². The number of hydrogen-bond acceptors (Lipinski definition) is 4. The average molecular weight is 418 g/mol. The van der Waals surface area contributed by atoms with E-state index in [4.69, 9.17) is 16.3 Å². The maximum absolute atomic E-state index is 13.1. The maximum atomic E-state index is 13.1. The predicted octanol–water partition coefficient (Wildman–Crippen LogP) is 3.49. The van der Waals surface area contributed by atoms with Gasteiger partial charge in [-0.25, -0.2) is 0 Å². The van der Waals surface area contributed by atoms with E-state index in [0.29, 0.717) is 47.8 Å². The normalized spacial score (nSPS) is 26.6. The molecular formula is C22H28ClN3O3. The Kier molecular flexibility index (Phi) is 5.58. The molecule has 1 aliphatic carbocycles. The third-order valence-electron chi connectivity index (χ3n) is 6.17. The van der Waals surface area contributed by atoms with E-state index in [-0.39, 0.29) is 17.9 Å². The number of halogens is 1. The summed E-state index contributed by atoms with van der Waals surface area (Å²) in [5, 5.41) is 15.7. The maximum Gasteiger partial charge on any atom is 0.272 e. The number of aliphatic hydroxyl groups is 1. The number of likely N-dealkylation sites (tertiary alicyclic amines) is 1. The third-order valence-corrected chi connectivity index (χ3v) is 6.40. The van der Waals surface area contributed by atoms with E-state index >= 15 is 0 Å². The van der Waals surface area contributed by atoms with Crippen molar-refractivity contribution in [3.05, 3.63) is 46.7 Å². The van der Waals surface area contributed by atoms with Crippen LogP contribution in [-0.4, -0.2) is 51.0 Å². The van der Waals surface area contributed by atoms with Gasteiger partial charge >= 0.3 is 0 Å². The molecule has 0 radical (unpaired) electrons. The summed E-state index contributed by atoms with van der Waals surface area (Å²) in [5.74, 6) is 1.59. The zero-order chi connectivity index (χ0) is 20.7. The second kappa shape index (κ2) is 8.00. The van der Waals surface area contributed by atoms with Gasteiger partial charge in [-0.05, 0) is 54.9 Å². The topological polar surface area (TPSA) is 67.6 Å². The van der Waals surface area contributed by atoms with Gasteiger partial charge in [0.2, 0.25) is 0 Å². The highest BCUT2D eigenvalue weighted by Crippen LogP contribution is 2.38. The molecule has 6 nitrogen and oxygen atoms in total. The zero-order valence-corrected chi connectivity index (χ0v) is 17.8. The van der Waals surface area contributed by atoms with Gasteiger partial charge in [0.1, 0.15) is 17.5 Å². The minimum absolute atomic E-state index is 0.0168. The molecule has 2 aliphatic rings. The van der Waals surface area contributed by atoms with Crippen LogP contribution in [0.1, 0.15) is 48.8 Å². The Labute approximate surface area is 176 Å². The van der Waals surface area contributed by atoms with Crippen molar-refractivity contribution in [1.29, 1.82) is 0 Å². The van der Waals surface area contributed by atoms with Crippen molar-refractivity contribution in [2.75, 3.05) is 13.1 Å². The smallest absolute Gasteiger partial charge is 0.272 e. The van der Waals surface area contributed by atoms with Gasteiger partial charge in [0.25, 0.3) is 5.91 Å². The summed E-state index contributed by atoms with van der Waals surface area (Å²) in [4.78, 5) is 15.0. The SMILES string of the molecule is CC(C)c1cc(C(=O)N2C[C@H]3C[C@@H](Oc4cccc(Cl)c4)[C@H](O)C[C@H]3C2)n(C)n1. The molecule has 4 atom stereocenters. The fourth-order valence-corrected chi connectivity index (χ4v) is 4.71. The molecule has 0 bridgehead atoms. The second-order valence-electron chi connectivity index (χ2n) is 8.62. The summed E-state index contributed by atoms with van der Waals surface area (Å²) < 4.78 is 7.71. The quantitative estimate of drug-likeness (QED) is 0.826. The van der Waals surface area contributed by atoms with Crippen LogP contribution in [0, 0.1) is 11.8 Å². The van der Waals surface area contributed by atoms with E-state index < -0.39 is 6.10 Å². The monoisotopic (exact) mass is 417 g/mol. The first-order valence-electron chi connectivity index (χ1n) is 10.2. The number of carbonyl (C=O) groups is 1. The second-order valence-corrected chi connectivity index (χ2v) is 9.05. The third kappa shape index (κ3) is 4.14. The highest BCUT2D eigenvalue weighted by Gasteiger charge is 2.44. The molecule has 1 saturated carbocycles. The highest BCUT2D eigenvalue weighted by atomic mass is 35.5. The van der Waals surface area contributed by atoms with Crippen LogP contribution in [0.25, 0.3) is 0 Å². The Hall–Kier alpha value is -2.05. The number of carbonyl (C=O) groups excluding carboxylic acids is 1. The van der Waals surface area contributed by atoms with Crippen molar-refractivity contribution in [2.45, 2.75) is 44.8 Å². The number of ether oxygens (including phenoxy) is 1. The van der Waals surface area contributed by atoms with Crippen LogP contribution in [0.5, 0.6) is 5.75 Å². The molecule has 0 unspecified atom stereocenters. The molecule has 1 N–H and O–H groups in total. The van der Waals surface area contributed by atoms with Crippen molar-refractivity contribution in [3.63, 3.8) is 0 Å². The van der Waals surface area contributed by atoms with Crippen molar-refractivity contribution < 1.29 is 14.6 Å². The Bertz CT molecular complexity index is 897. The van der Waals surface area contributed by atoms with Crippen LogP contribution in [-0.2, 0) is 7.05 Å². The molecule has 1 saturated heterocycles. The van der Waals surface area contributed by atoms with Gasteiger partial charge in [0.05, 0.1) is 11.8 Å². The molecule has 1 aromatic heterocycles. The average Bonchev–Trinajstić information content (AvgIpc) is 3.25. The zero-order valence-electron chi connectivity index (χ0n) is 17.1. The van der Waals surface area contributed by atoms with E-state index in [0.717, 1.165) is 12.1 Å². The lowest BCUT2D eigenvalue weighted by Gasteiger charge is -2.35. The lowest BCUT2D eigenvalue weighted by atomic mass is 9.78. The number of aliphatic hydroxyl groups excluding tert-OH is 1. The van der Waals surface area contributed by atoms with Crippen molar-refractivity contribution >= 4 is 17.5 Å². The van der Waals surface area contributed by atoms with Crippen LogP contribution in [0.3, 0.4) is 0 Å². The van der Waals surface area contributed by atoms with Crippen LogP contribution >= 0.6 is 11.6 Å². The van der Waals surface area contributed by atoms with Crippen LogP contribution in [0.2, 0.25) is 5.02 Å². The summed E-state index contributed by atoms with van der Waals surface area (Å²) in [7, 11) is 1.82. The molecule has 2 fully saturated rings. The largest absolute Gasteiger partial charge is 0.488 e. The fraction of sp³-hybridized carbons (Fsp3) is 0.545. The van der Waals surface area contributed by atoms with Crippen LogP contribution in [0.4, 0.5) is 0 Å². The number of nitrogens with zero attached hydrogens (tertiary/aromatic N) is 3. The summed E-state index contributed by atoms with van der Waals surface area (Å²) in [6.07, 6.45) is 0.538. The summed E-state index contributed by atoms with van der Waals surface area (Å²) in [6, 6.07) is 9.15. The minimum atomic E-state index is -0.547. The first-order valence-corrected chi connectivity index (χ1v) is 10.6. The fourth-order valence-electron chi connectivity index (χ4n) is 4.53. The number of aryl methyl sites for hydroxylation is 1. The van der Waals surface area contributed by atoms with Crippen molar-refractivity contribution in [1.82, 2.24) is 14.7 Å². The number of aromatic nitrogens is 2. The number of amides is 1. The molecule has 2 aromatic rings. The van der Waals surface area contributed by atoms with E-state index in [1.165, 1.54) is 0 Å². The lowest BCUT2D eigenvalue weighted by molar-refractivity contribution is -0.0231. The Morgan fingerprint density at radius 3 is 2.62 bits per heavy atom. The van der Waals surface area contributed by atoms with E-state index in [1.807, 2.05) is 30.1 Å². The molecule has 29 heavy (non-hydrogen) atoms. The van der Waals surface area contributed by atoms with Gasteiger partial charge in [-0.1, -0.05) is 31.5 Å². The Balaban J connectivity index is 1.44. The number of benzene rings is 1. The van der Waals surface area contributed by atoms with Gasteiger partial charge in [-0.3, -0.25) is 9.48 Å². The van der Waals surface area contributed by atoms with Gasteiger partial charge in [0.15, 0.2) is 0 Å². The molecule has 4 rings (SSSR count). The summed E-state index contributed by atoms with van der Waals surface area (Å²) >= 11 is 6.04. The predicted molar refractivity (Wildman–Crippen MR) is 111 cm³/mol. The molecule has 1 aliphatic heterocycles. The minimum Gasteiger partial charge on any atom is -0.488 e. The standard InChI is InChI=1S/C22H28ClN3O3/c1-13(2)18-10-19(25(3)24-18)22(28)26-11-14-7-20(27)21(8-15(14)12-26)29-17-6-4-5-16(23)9-17/h4-6,9-10,13-15,20-21,27H,7-8,11-12H2,1-3H3/t14-,15+,20+,21+/m0/s1. The number of hydrogen-bond donors (Lipinski definition) is 1. The first kappa shape index (κ1) is 20.2. The molecule has 156 valence electrons. The molecular weight excluding hydrogens is 390 g/mol. The Morgan fingerprint density at radius 1 is 1.24 bits per heavy atom. The molecule has 7 heteroatoms. The van der Waals surface area contributed by atoms with Crippen LogP contribution < -0.4 is 4.74 Å². The number of rotatable bonds is 4. The van der Waals surface area contributed by atoms with E-state index in [2.05, 4.69) is 18.9 Å². The highest BCUT2D eigenvalue weighted by molar-refractivity contribution is 6.30. The van der Waals surface area contributed by atoms with E-state index in [1.54, 1.807) is 16.8 Å². The van der Waals surface area contributed by atoms with Crippen LogP contribution in [0.15, 0.2) is 30.3 Å². The van der Waals surface area contributed by atoms with Gasteiger partial charge < -0.3 is 14.7 Å². The molecule has 2 heterocycles. The van der Waals surface area contributed by atoms with Gasteiger partial charge in [0, 0.05) is 25.2 Å². The van der Waals surface area contributed by atoms with Gasteiger partial charge in [-0.15, -0.1) is 0 Å². The molecule has 0 spiro atoms. The number of fused-ring (bicyclic) bond motifs is 1. The Morgan fingerprint density at radius 2 is 1.97 bits per heavy atom. The first-order chi connectivity index (χ1) is 13.8. The van der Waals surface area contributed by atoms with Gasteiger partial charge in [-0.2, -0.15) is 5.10 Å². The summed E-state index contributed by atoms with van der Waals surface area (Å²) in [6.45, 7) is 5.51. The van der Waals surface area contributed by atoms with E-state index in [9.17, 15) is 9.90 Å². The van der Waals surface area contributed by atoms with Crippen molar-refractivity contribution in [2.24, 2.45) is 18.9 Å². The lowest BCUT2D eigenvalue weighted by Crippen LogP contribution is -2.42. The molecule has 1 aromatic carbocycles. The molecule has 1 amide bonds. The summed E-state index contributed by atoms with van der Waals surface area (Å²) in [5.41, 5.74) is 1.55.